The van der Waals surface area contributed by atoms with Crippen LogP contribution in [0.15, 0.2) is 30.3 Å². The molecule has 1 aliphatic heterocycles. The largest absolute Gasteiger partial charge is 0.392 e. The Balaban J connectivity index is 1.86. The van der Waals surface area contributed by atoms with E-state index in [2.05, 4.69) is 5.32 Å². The first-order chi connectivity index (χ1) is 9.16. The molecule has 1 saturated carbocycles. The quantitative estimate of drug-likeness (QED) is 0.773. The highest BCUT2D eigenvalue weighted by Crippen LogP contribution is 2.38. The van der Waals surface area contributed by atoms with Gasteiger partial charge in [-0.2, -0.15) is 0 Å². The van der Waals surface area contributed by atoms with Crippen molar-refractivity contribution in [3.8, 4) is 0 Å². The van der Waals surface area contributed by atoms with Crippen LogP contribution in [0.5, 0.6) is 0 Å². The van der Waals surface area contributed by atoms with E-state index in [-0.39, 0.29) is 23.2 Å². The predicted octanol–water partition coefficient (Wildman–Crippen LogP) is 2.04. The molecule has 2 fully saturated rings. The van der Waals surface area contributed by atoms with Crippen LogP contribution >= 0.6 is 11.6 Å². The Bertz CT molecular complexity index is 464. The van der Waals surface area contributed by atoms with Gasteiger partial charge in [-0.05, 0) is 24.8 Å². The number of fused-ring (bicyclic) bond motifs is 1. The smallest absolute Gasteiger partial charge is 0.230 e. The molecule has 0 spiro atoms. The summed E-state index contributed by atoms with van der Waals surface area (Å²) in [7, 11) is 0. The lowest BCUT2D eigenvalue weighted by Crippen LogP contribution is -2.58. The van der Waals surface area contributed by atoms with E-state index in [1.165, 1.54) is 0 Å². The second-order valence-electron chi connectivity index (χ2n) is 5.57. The molecule has 3 nitrogen and oxygen atoms in total. The number of halogens is 1. The Hall–Kier alpha value is -1.06. The highest BCUT2D eigenvalue weighted by molar-refractivity contribution is 6.20. The van der Waals surface area contributed by atoms with Gasteiger partial charge in [-0.1, -0.05) is 30.3 Å². The van der Waals surface area contributed by atoms with E-state index in [1.54, 1.807) is 0 Å². The van der Waals surface area contributed by atoms with Gasteiger partial charge < -0.3 is 10.4 Å². The molecule has 1 saturated heterocycles. The lowest BCUT2D eigenvalue weighted by Gasteiger charge is -2.44. The molecular formula is C15H18ClNO2. The maximum absolute atomic E-state index is 12.3. The van der Waals surface area contributed by atoms with Gasteiger partial charge in [0.1, 0.15) is 0 Å². The molecule has 5 unspecified atom stereocenters. The van der Waals surface area contributed by atoms with Gasteiger partial charge in [-0.3, -0.25) is 4.79 Å². The van der Waals surface area contributed by atoms with Crippen molar-refractivity contribution in [3.63, 3.8) is 0 Å². The van der Waals surface area contributed by atoms with Crippen LogP contribution in [-0.2, 0) is 4.79 Å². The number of rotatable bonds is 1. The second kappa shape index (κ2) is 5.14. The topological polar surface area (TPSA) is 49.3 Å². The van der Waals surface area contributed by atoms with Crippen molar-refractivity contribution in [1.29, 1.82) is 0 Å². The first-order valence-corrected chi connectivity index (χ1v) is 7.28. The average molecular weight is 280 g/mol. The standard InChI is InChI=1S/C15H18ClNO2/c16-10-6-7-11-12(8-10)17-15(19)13(14(11)18)9-4-2-1-3-5-9/h1-5,10-14,18H,6-8H2,(H,17,19). The molecule has 1 aromatic carbocycles. The van der Waals surface area contributed by atoms with Gasteiger partial charge in [-0.15, -0.1) is 11.6 Å². The zero-order chi connectivity index (χ0) is 13.4. The molecule has 19 heavy (non-hydrogen) atoms. The van der Waals surface area contributed by atoms with E-state index in [0.717, 1.165) is 24.8 Å². The second-order valence-corrected chi connectivity index (χ2v) is 6.19. The normalized spacial score (nSPS) is 38.4. The molecule has 4 heteroatoms. The van der Waals surface area contributed by atoms with Gasteiger partial charge in [0.25, 0.3) is 0 Å². The number of carbonyl (C=O) groups excluding carboxylic acids is 1. The third-order valence-corrected chi connectivity index (χ3v) is 4.79. The number of carbonyl (C=O) groups is 1. The van der Waals surface area contributed by atoms with Crippen LogP contribution in [0.2, 0.25) is 0 Å². The minimum atomic E-state index is -0.606. The summed E-state index contributed by atoms with van der Waals surface area (Å²) >= 11 is 6.15. The number of hydrogen-bond donors (Lipinski definition) is 2. The Morgan fingerprint density at radius 2 is 1.95 bits per heavy atom. The van der Waals surface area contributed by atoms with Crippen LogP contribution in [0.1, 0.15) is 30.7 Å². The van der Waals surface area contributed by atoms with Crippen LogP contribution in [-0.4, -0.2) is 28.5 Å². The lowest BCUT2D eigenvalue weighted by molar-refractivity contribution is -0.133. The molecule has 1 aromatic rings. The maximum atomic E-state index is 12.3. The molecule has 1 aliphatic carbocycles. The third-order valence-electron chi connectivity index (χ3n) is 4.39. The van der Waals surface area contributed by atoms with E-state index in [1.807, 2.05) is 30.3 Å². The van der Waals surface area contributed by atoms with Crippen LogP contribution in [0, 0.1) is 5.92 Å². The SMILES string of the molecule is O=C1NC2CC(Cl)CCC2C(O)C1c1ccccc1. The number of amides is 1. The zero-order valence-corrected chi connectivity index (χ0v) is 11.4. The van der Waals surface area contributed by atoms with Crippen molar-refractivity contribution in [2.75, 3.05) is 0 Å². The molecule has 1 heterocycles. The fourth-order valence-corrected chi connectivity index (χ4v) is 3.72. The monoisotopic (exact) mass is 279 g/mol. The summed E-state index contributed by atoms with van der Waals surface area (Å²) in [4.78, 5) is 12.3. The molecule has 2 N–H and O–H groups in total. The van der Waals surface area contributed by atoms with E-state index in [4.69, 9.17) is 11.6 Å². The number of piperidine rings is 1. The van der Waals surface area contributed by atoms with Gasteiger partial charge in [0.2, 0.25) is 5.91 Å². The number of alkyl halides is 1. The molecule has 0 radical (unpaired) electrons. The molecule has 1 amide bonds. The van der Waals surface area contributed by atoms with Crippen molar-refractivity contribution in [3.05, 3.63) is 35.9 Å². The van der Waals surface area contributed by atoms with Gasteiger partial charge in [0.05, 0.1) is 12.0 Å². The number of aliphatic hydroxyl groups excluding tert-OH is 1. The fourth-order valence-electron chi connectivity index (χ4n) is 3.40. The number of nitrogens with one attached hydrogen (secondary N) is 1. The molecule has 0 aromatic heterocycles. The highest BCUT2D eigenvalue weighted by atomic mass is 35.5. The van der Waals surface area contributed by atoms with Crippen molar-refractivity contribution >= 4 is 17.5 Å². The van der Waals surface area contributed by atoms with Crippen molar-refractivity contribution in [2.24, 2.45) is 5.92 Å². The Labute approximate surface area is 118 Å². The molecule has 0 bridgehead atoms. The number of benzene rings is 1. The fraction of sp³-hybridized carbons (Fsp3) is 0.533. The summed E-state index contributed by atoms with van der Waals surface area (Å²) in [6.45, 7) is 0. The van der Waals surface area contributed by atoms with E-state index < -0.39 is 12.0 Å². The van der Waals surface area contributed by atoms with E-state index >= 15 is 0 Å². The summed E-state index contributed by atoms with van der Waals surface area (Å²) in [5, 5.41) is 13.7. The molecule has 3 rings (SSSR count). The van der Waals surface area contributed by atoms with Crippen molar-refractivity contribution in [2.45, 2.75) is 42.7 Å². The predicted molar refractivity (Wildman–Crippen MR) is 74.1 cm³/mol. The van der Waals surface area contributed by atoms with Crippen molar-refractivity contribution in [1.82, 2.24) is 5.32 Å². The summed E-state index contributed by atoms with van der Waals surface area (Å²) in [6.07, 6.45) is 1.95. The summed E-state index contributed by atoms with van der Waals surface area (Å²) in [5.74, 6) is -0.405. The van der Waals surface area contributed by atoms with E-state index in [9.17, 15) is 9.90 Å². The minimum absolute atomic E-state index is 0.0266. The lowest BCUT2D eigenvalue weighted by atomic mass is 9.72. The summed E-state index contributed by atoms with van der Waals surface area (Å²) in [5.41, 5.74) is 0.888. The van der Waals surface area contributed by atoms with Crippen molar-refractivity contribution < 1.29 is 9.90 Å². The first-order valence-electron chi connectivity index (χ1n) is 6.84. The van der Waals surface area contributed by atoms with Crippen LogP contribution < -0.4 is 5.32 Å². The average Bonchev–Trinajstić information content (AvgIpc) is 2.39. The third kappa shape index (κ3) is 2.37. The molecular weight excluding hydrogens is 262 g/mol. The summed E-state index contributed by atoms with van der Waals surface area (Å²) < 4.78 is 0. The van der Waals surface area contributed by atoms with Crippen LogP contribution in [0.3, 0.4) is 0 Å². The molecule has 5 atom stereocenters. The Kier molecular flexibility index (Phi) is 3.50. The van der Waals surface area contributed by atoms with Gasteiger partial charge >= 0.3 is 0 Å². The highest BCUT2D eigenvalue weighted by Gasteiger charge is 2.45. The summed E-state index contributed by atoms with van der Waals surface area (Å²) in [6, 6.07) is 9.55. The van der Waals surface area contributed by atoms with E-state index in [0.29, 0.717) is 0 Å². The van der Waals surface area contributed by atoms with Gasteiger partial charge in [-0.25, -0.2) is 0 Å². The zero-order valence-electron chi connectivity index (χ0n) is 10.6. The Morgan fingerprint density at radius 3 is 2.68 bits per heavy atom. The van der Waals surface area contributed by atoms with Gasteiger partial charge in [0, 0.05) is 17.3 Å². The molecule has 102 valence electrons. The number of aliphatic hydroxyl groups is 1. The maximum Gasteiger partial charge on any atom is 0.230 e. The first kappa shape index (κ1) is 12.9. The Morgan fingerprint density at radius 1 is 1.21 bits per heavy atom. The van der Waals surface area contributed by atoms with Crippen LogP contribution in [0.25, 0.3) is 0 Å². The minimum Gasteiger partial charge on any atom is -0.392 e. The van der Waals surface area contributed by atoms with Gasteiger partial charge in [0.15, 0.2) is 0 Å². The number of hydrogen-bond acceptors (Lipinski definition) is 2. The van der Waals surface area contributed by atoms with Crippen LogP contribution in [0.4, 0.5) is 0 Å². The molecule has 2 aliphatic rings.